The number of sulfone groups is 1. The summed E-state index contributed by atoms with van der Waals surface area (Å²) in [5, 5.41) is 2.35. The van der Waals surface area contributed by atoms with Crippen molar-refractivity contribution < 1.29 is 22.8 Å². The number of nitrogens with one attached hydrogen (secondary N) is 1. The number of hydrogen-bond acceptors (Lipinski definition) is 5. The highest BCUT2D eigenvalue weighted by molar-refractivity contribution is 7.90. The summed E-state index contributed by atoms with van der Waals surface area (Å²) in [6.07, 6.45) is 1.10. The molecule has 1 fully saturated rings. The van der Waals surface area contributed by atoms with Crippen molar-refractivity contribution in [1.82, 2.24) is 5.32 Å². The first-order valence-corrected chi connectivity index (χ1v) is 8.33. The van der Waals surface area contributed by atoms with Gasteiger partial charge in [-0.3, -0.25) is 14.4 Å². The molecule has 0 spiro atoms. The lowest BCUT2D eigenvalue weighted by atomic mass is 9.89. The highest BCUT2D eigenvalue weighted by Crippen LogP contribution is 2.25. The number of carbonyl (C=O) groups is 3. The first kappa shape index (κ1) is 15.7. The van der Waals surface area contributed by atoms with Gasteiger partial charge in [0.1, 0.15) is 0 Å². The third-order valence-corrected chi connectivity index (χ3v) is 4.57. The van der Waals surface area contributed by atoms with Crippen LogP contribution in [-0.2, 0) is 19.4 Å². The predicted octanol–water partition coefficient (Wildman–Crippen LogP) is 0.631. The predicted molar refractivity (Wildman–Crippen MR) is 75.0 cm³/mol. The molecule has 0 saturated carbocycles. The van der Waals surface area contributed by atoms with Crippen molar-refractivity contribution >= 4 is 38.9 Å². The van der Waals surface area contributed by atoms with E-state index in [4.69, 9.17) is 11.6 Å². The number of ketones is 2. The summed E-state index contributed by atoms with van der Waals surface area (Å²) in [6.45, 7) is 0.211. The highest BCUT2D eigenvalue weighted by Gasteiger charge is 2.37. The van der Waals surface area contributed by atoms with Gasteiger partial charge >= 0.3 is 0 Å². The second-order valence-corrected chi connectivity index (χ2v) is 7.14. The van der Waals surface area contributed by atoms with Gasteiger partial charge in [-0.25, -0.2) is 8.42 Å². The van der Waals surface area contributed by atoms with E-state index in [-0.39, 0.29) is 28.4 Å². The van der Waals surface area contributed by atoms with Crippen molar-refractivity contribution in [1.29, 1.82) is 0 Å². The van der Waals surface area contributed by atoms with E-state index in [1.165, 1.54) is 12.1 Å². The highest BCUT2D eigenvalue weighted by atomic mass is 35.5. The molecule has 0 radical (unpaired) electrons. The molecule has 21 heavy (non-hydrogen) atoms. The molecule has 1 aliphatic heterocycles. The van der Waals surface area contributed by atoms with E-state index in [1.807, 2.05) is 0 Å². The topological polar surface area (TPSA) is 97.4 Å². The summed E-state index contributed by atoms with van der Waals surface area (Å²) in [5.41, 5.74) is -0.0422. The Bertz CT molecular complexity index is 725. The van der Waals surface area contributed by atoms with Crippen LogP contribution in [0.2, 0.25) is 5.02 Å². The molecular formula is C13H12ClNO5S. The zero-order valence-corrected chi connectivity index (χ0v) is 12.6. The number of carbonyl (C=O) groups excluding carboxylic acids is 3. The Kier molecular flexibility index (Phi) is 4.15. The quantitative estimate of drug-likeness (QED) is 0.648. The molecule has 2 rings (SSSR count). The van der Waals surface area contributed by atoms with Crippen LogP contribution in [0.3, 0.4) is 0 Å². The van der Waals surface area contributed by atoms with Crippen LogP contribution in [0.15, 0.2) is 23.1 Å². The van der Waals surface area contributed by atoms with Gasteiger partial charge in [0.15, 0.2) is 27.3 Å². The van der Waals surface area contributed by atoms with Crippen LogP contribution in [0, 0.1) is 5.92 Å². The lowest BCUT2D eigenvalue weighted by Gasteiger charge is -2.20. The minimum absolute atomic E-state index is 0.0385. The second kappa shape index (κ2) is 5.57. The van der Waals surface area contributed by atoms with Gasteiger partial charge in [0.05, 0.1) is 9.92 Å². The summed E-state index contributed by atoms with van der Waals surface area (Å²) < 4.78 is 22.8. The van der Waals surface area contributed by atoms with Crippen LogP contribution in [-0.4, -0.2) is 38.7 Å². The zero-order valence-electron chi connectivity index (χ0n) is 11.1. The lowest BCUT2D eigenvalue weighted by Crippen LogP contribution is -2.46. The lowest BCUT2D eigenvalue weighted by molar-refractivity contribution is -0.134. The number of halogens is 1. The molecule has 112 valence electrons. The molecule has 1 heterocycles. The van der Waals surface area contributed by atoms with Crippen LogP contribution >= 0.6 is 11.6 Å². The maximum atomic E-state index is 12.3. The van der Waals surface area contributed by atoms with Crippen molar-refractivity contribution in [2.45, 2.75) is 11.3 Å². The van der Waals surface area contributed by atoms with Crippen LogP contribution in [0.5, 0.6) is 0 Å². The molecule has 1 unspecified atom stereocenters. The van der Waals surface area contributed by atoms with Crippen LogP contribution in [0.25, 0.3) is 0 Å². The molecule has 0 bridgehead atoms. The van der Waals surface area contributed by atoms with Gasteiger partial charge in [0.2, 0.25) is 5.91 Å². The van der Waals surface area contributed by atoms with Crippen molar-refractivity contribution in [3.63, 3.8) is 0 Å². The van der Waals surface area contributed by atoms with Crippen molar-refractivity contribution in [2.75, 3.05) is 12.8 Å². The SMILES string of the molecule is CS(=O)(=O)c1ccc(C(=O)C2C(=O)CCNC2=O)c(Cl)c1. The Morgan fingerprint density at radius 1 is 1.33 bits per heavy atom. The van der Waals surface area contributed by atoms with Gasteiger partial charge in [0, 0.05) is 24.8 Å². The summed E-state index contributed by atoms with van der Waals surface area (Å²) >= 11 is 5.92. The standard InChI is InChI=1S/C13H12ClNO5S/c1-21(19,20)7-2-3-8(9(14)6-7)12(17)11-10(16)4-5-15-13(11)18/h2-3,6,11H,4-5H2,1H3,(H,15,18). The summed E-state index contributed by atoms with van der Waals surface area (Å²) in [5.74, 6) is -3.26. The number of rotatable bonds is 3. The van der Waals surface area contributed by atoms with Gasteiger partial charge in [-0.05, 0) is 18.2 Å². The fourth-order valence-corrected chi connectivity index (χ4v) is 3.03. The van der Waals surface area contributed by atoms with E-state index in [0.29, 0.717) is 0 Å². The molecule has 8 heteroatoms. The van der Waals surface area contributed by atoms with E-state index >= 15 is 0 Å². The molecule has 1 atom stereocenters. The first-order chi connectivity index (χ1) is 9.71. The fourth-order valence-electron chi connectivity index (χ4n) is 2.05. The average Bonchev–Trinajstić information content (AvgIpc) is 2.37. The minimum Gasteiger partial charge on any atom is -0.355 e. The van der Waals surface area contributed by atoms with Gasteiger partial charge in [0.25, 0.3) is 0 Å². The maximum Gasteiger partial charge on any atom is 0.238 e. The Hall–Kier alpha value is -1.73. The molecule has 0 aromatic heterocycles. The van der Waals surface area contributed by atoms with Crippen LogP contribution < -0.4 is 5.32 Å². The van der Waals surface area contributed by atoms with E-state index < -0.39 is 33.2 Å². The molecule has 6 nitrogen and oxygen atoms in total. The normalized spacial score (nSPS) is 19.2. The van der Waals surface area contributed by atoms with Crippen molar-refractivity contribution in [3.05, 3.63) is 28.8 Å². The number of Topliss-reactive ketones (excluding diaryl/α,β-unsaturated/α-hetero) is 2. The summed E-state index contributed by atoms with van der Waals surface area (Å²) in [6, 6.07) is 3.57. The van der Waals surface area contributed by atoms with Gasteiger partial charge in [-0.1, -0.05) is 11.6 Å². The minimum atomic E-state index is -3.46. The van der Waals surface area contributed by atoms with Gasteiger partial charge in [-0.2, -0.15) is 0 Å². The van der Waals surface area contributed by atoms with E-state index in [9.17, 15) is 22.8 Å². The van der Waals surface area contributed by atoms with E-state index in [0.717, 1.165) is 12.3 Å². The summed E-state index contributed by atoms with van der Waals surface area (Å²) in [4.78, 5) is 35.6. The second-order valence-electron chi connectivity index (χ2n) is 4.72. The molecule has 0 aliphatic carbocycles. The Labute approximate surface area is 126 Å². The Morgan fingerprint density at radius 3 is 2.52 bits per heavy atom. The Balaban J connectivity index is 2.40. The largest absolute Gasteiger partial charge is 0.355 e. The third-order valence-electron chi connectivity index (χ3n) is 3.15. The maximum absolute atomic E-state index is 12.3. The Morgan fingerprint density at radius 2 is 2.00 bits per heavy atom. The number of amides is 1. The van der Waals surface area contributed by atoms with Crippen molar-refractivity contribution in [3.8, 4) is 0 Å². The molecule has 1 aromatic carbocycles. The van der Waals surface area contributed by atoms with Gasteiger partial charge < -0.3 is 5.32 Å². The van der Waals surface area contributed by atoms with E-state index in [1.54, 1.807) is 0 Å². The fraction of sp³-hybridized carbons (Fsp3) is 0.308. The summed E-state index contributed by atoms with van der Waals surface area (Å²) in [7, 11) is -3.46. The molecule has 1 N–H and O–H groups in total. The number of benzene rings is 1. The third kappa shape index (κ3) is 3.14. The molecular weight excluding hydrogens is 318 g/mol. The van der Waals surface area contributed by atoms with Crippen LogP contribution in [0.4, 0.5) is 0 Å². The zero-order chi connectivity index (χ0) is 15.8. The molecule has 1 aliphatic rings. The van der Waals surface area contributed by atoms with Crippen molar-refractivity contribution in [2.24, 2.45) is 5.92 Å². The number of piperidine rings is 1. The van der Waals surface area contributed by atoms with E-state index in [2.05, 4.69) is 5.32 Å². The smallest absolute Gasteiger partial charge is 0.238 e. The number of hydrogen-bond donors (Lipinski definition) is 1. The molecule has 1 saturated heterocycles. The molecule has 1 amide bonds. The van der Waals surface area contributed by atoms with Gasteiger partial charge in [-0.15, -0.1) is 0 Å². The molecule has 1 aromatic rings. The average molecular weight is 330 g/mol. The monoisotopic (exact) mass is 329 g/mol. The first-order valence-electron chi connectivity index (χ1n) is 6.06. The van der Waals surface area contributed by atoms with Crippen LogP contribution in [0.1, 0.15) is 16.8 Å².